The molecule has 4 atom stereocenters. The minimum atomic E-state index is -0.374. The van der Waals surface area contributed by atoms with E-state index in [1.807, 2.05) is 59.1 Å². The number of nitrogens with two attached hydrogens (primary N) is 1. The molecule has 332 valence electrons. The van der Waals surface area contributed by atoms with Crippen molar-refractivity contribution in [2.45, 2.75) is 88.1 Å². The van der Waals surface area contributed by atoms with E-state index in [0.29, 0.717) is 48.9 Å². The fraction of sp³-hybridized carbons (Fsp3) is 0.479. The Labute approximate surface area is 369 Å². The van der Waals surface area contributed by atoms with E-state index >= 15 is 0 Å². The predicted molar refractivity (Wildman–Crippen MR) is 244 cm³/mol. The number of piperidine rings is 3. The topological polar surface area (TPSA) is 173 Å². The van der Waals surface area contributed by atoms with E-state index in [-0.39, 0.29) is 53.4 Å². The molecule has 5 N–H and O–H groups in total. The highest BCUT2D eigenvalue weighted by atomic mass is 16.5. The number of nitrogens with one attached hydrogen (secondary N) is 2. The van der Waals surface area contributed by atoms with Crippen molar-refractivity contribution in [3.8, 4) is 22.8 Å². The van der Waals surface area contributed by atoms with Crippen molar-refractivity contribution < 1.29 is 24.2 Å². The number of likely N-dealkylation sites (tertiary alicyclic amines) is 1. The molecule has 4 aromatic rings. The number of urea groups is 1. The van der Waals surface area contributed by atoms with Crippen LogP contribution in [0.3, 0.4) is 0 Å². The maximum atomic E-state index is 13.8. The molecular weight excluding hydrogens is 797 g/mol. The van der Waals surface area contributed by atoms with Gasteiger partial charge in [-0.15, -0.1) is 10.2 Å². The Morgan fingerprint density at radius 2 is 1.63 bits per heavy atom. The first-order chi connectivity index (χ1) is 30.4. The number of para-hydroxylation sites is 1. The zero-order valence-corrected chi connectivity index (χ0v) is 36.6. The van der Waals surface area contributed by atoms with Crippen LogP contribution in [0.5, 0.6) is 11.5 Å². The van der Waals surface area contributed by atoms with Crippen LogP contribution < -0.4 is 35.8 Å². The molecule has 15 heteroatoms. The number of likely N-dealkylation sites (N-methyl/N-ethyl adjacent to an activating group) is 1. The lowest BCUT2D eigenvalue weighted by atomic mass is 9.69. The van der Waals surface area contributed by atoms with Crippen LogP contribution in [0.15, 0.2) is 78.9 Å². The molecule has 6 aliphatic heterocycles. The number of hydrogen-bond donors (Lipinski definition) is 4. The summed E-state index contributed by atoms with van der Waals surface area (Å²) in [6.07, 6.45) is 6.14. The Hall–Kier alpha value is -6.09. The summed E-state index contributed by atoms with van der Waals surface area (Å²) in [7, 11) is 3.85. The van der Waals surface area contributed by atoms with Gasteiger partial charge in [-0.25, -0.2) is 4.79 Å². The number of phenols is 1. The minimum absolute atomic E-state index is 0.0363. The predicted octanol–water partition coefficient (Wildman–Crippen LogP) is 5.34. The number of phenolic OH excluding ortho intramolecular Hbond substituents is 1. The highest BCUT2D eigenvalue weighted by Gasteiger charge is 2.48. The Morgan fingerprint density at radius 3 is 2.40 bits per heavy atom. The number of carbonyl (C=O) groups is 3. The molecule has 6 aliphatic rings. The second-order valence-electron chi connectivity index (χ2n) is 18.4. The maximum Gasteiger partial charge on any atom is 0.319 e. The summed E-state index contributed by atoms with van der Waals surface area (Å²) in [6.45, 7) is 6.87. The summed E-state index contributed by atoms with van der Waals surface area (Å²) in [5, 5.41) is 25.4. The van der Waals surface area contributed by atoms with Crippen LogP contribution in [0.25, 0.3) is 11.3 Å². The Kier molecular flexibility index (Phi) is 11.8. The molecule has 0 saturated carbocycles. The quantitative estimate of drug-likeness (QED) is 0.160. The van der Waals surface area contributed by atoms with Gasteiger partial charge in [-0.2, -0.15) is 0 Å². The number of anilines is 4. The molecule has 6 saturated heterocycles. The van der Waals surface area contributed by atoms with Crippen LogP contribution >= 0.6 is 0 Å². The van der Waals surface area contributed by atoms with Gasteiger partial charge in [0.2, 0.25) is 11.8 Å². The number of nitrogen functional groups attached to an aromatic ring is 1. The van der Waals surface area contributed by atoms with Crippen LogP contribution in [0.2, 0.25) is 0 Å². The lowest BCUT2D eigenvalue weighted by Crippen LogP contribution is -2.67. The third kappa shape index (κ3) is 8.80. The summed E-state index contributed by atoms with van der Waals surface area (Å²) >= 11 is 0. The molecule has 0 aliphatic carbocycles. The van der Waals surface area contributed by atoms with Gasteiger partial charge in [-0.1, -0.05) is 37.3 Å². The second kappa shape index (κ2) is 17.6. The number of carbonyl (C=O) groups excluding carboxylic acids is 3. The van der Waals surface area contributed by atoms with Crippen LogP contribution in [0, 0.1) is 5.92 Å². The Morgan fingerprint density at radius 1 is 0.873 bits per heavy atom. The van der Waals surface area contributed by atoms with E-state index in [0.717, 1.165) is 87.5 Å². The lowest BCUT2D eigenvalue weighted by Gasteiger charge is -2.55. The Balaban J connectivity index is 0.753. The van der Waals surface area contributed by atoms with Crippen molar-refractivity contribution in [1.82, 2.24) is 30.6 Å². The molecule has 0 radical (unpaired) electrons. The number of aromatic hydroxyl groups is 1. The van der Waals surface area contributed by atoms with Crippen molar-refractivity contribution in [3.63, 3.8) is 0 Å². The molecule has 63 heavy (non-hydrogen) atoms. The number of fused-ring (bicyclic) bond motifs is 4. The summed E-state index contributed by atoms with van der Waals surface area (Å²) < 4.78 is 6.63. The second-order valence-corrected chi connectivity index (χ2v) is 18.4. The van der Waals surface area contributed by atoms with Crippen molar-refractivity contribution in [1.29, 1.82) is 0 Å². The third-order valence-electron chi connectivity index (χ3n) is 14.1. The number of aromatic nitrogens is 2. The van der Waals surface area contributed by atoms with Crippen molar-refractivity contribution in [3.05, 3.63) is 84.4 Å². The van der Waals surface area contributed by atoms with Gasteiger partial charge < -0.3 is 45.4 Å². The highest BCUT2D eigenvalue weighted by molar-refractivity contribution is 6.01. The summed E-state index contributed by atoms with van der Waals surface area (Å²) in [5.41, 5.74) is 11.6. The zero-order valence-electron chi connectivity index (χ0n) is 36.6. The smallest absolute Gasteiger partial charge is 0.319 e. The van der Waals surface area contributed by atoms with E-state index in [1.54, 1.807) is 12.1 Å². The van der Waals surface area contributed by atoms with Crippen molar-refractivity contribution >= 4 is 40.7 Å². The monoisotopic (exact) mass is 856 g/mol. The molecule has 1 aromatic heterocycles. The number of nitrogens with zero attached hydrogens (tertiary/aromatic N) is 7. The molecule has 0 spiro atoms. The number of amides is 4. The first kappa shape index (κ1) is 42.2. The molecule has 7 heterocycles. The van der Waals surface area contributed by atoms with Gasteiger partial charge in [0.05, 0.1) is 11.4 Å². The average Bonchev–Trinajstić information content (AvgIpc) is 3.27. The first-order valence-electron chi connectivity index (χ1n) is 22.6. The largest absolute Gasteiger partial charge is 0.507 e. The van der Waals surface area contributed by atoms with Crippen LogP contribution in [-0.2, 0) is 15.1 Å². The lowest BCUT2D eigenvalue weighted by molar-refractivity contribution is -0.134. The first-order valence-corrected chi connectivity index (χ1v) is 22.6. The number of benzene rings is 3. The molecule has 15 nitrogen and oxygen atoms in total. The number of ether oxygens (including phenoxy) is 1. The van der Waals surface area contributed by atoms with Crippen LogP contribution in [0.1, 0.15) is 63.9 Å². The third-order valence-corrected chi connectivity index (χ3v) is 14.1. The normalized spacial score (nSPS) is 24.5. The van der Waals surface area contributed by atoms with Crippen LogP contribution in [0.4, 0.5) is 27.7 Å². The van der Waals surface area contributed by atoms with Gasteiger partial charge in [-0.05, 0) is 92.1 Å². The Bertz CT molecular complexity index is 2320. The van der Waals surface area contributed by atoms with Gasteiger partial charge >= 0.3 is 6.03 Å². The molecule has 1 unspecified atom stereocenters. The van der Waals surface area contributed by atoms with E-state index in [1.165, 1.54) is 5.56 Å². The molecule has 3 aromatic carbocycles. The van der Waals surface area contributed by atoms with Gasteiger partial charge in [-0.3, -0.25) is 14.9 Å². The highest BCUT2D eigenvalue weighted by Crippen LogP contribution is 2.45. The van der Waals surface area contributed by atoms with Gasteiger partial charge in [0.1, 0.15) is 23.6 Å². The van der Waals surface area contributed by atoms with E-state index < -0.39 is 0 Å². The number of imide groups is 1. The number of hydrogen-bond acceptors (Lipinski definition) is 12. The fourth-order valence-electron chi connectivity index (χ4n) is 10.7. The van der Waals surface area contributed by atoms with Gasteiger partial charge in [0.25, 0.3) is 0 Å². The van der Waals surface area contributed by atoms with Gasteiger partial charge in [0, 0.05) is 107 Å². The number of rotatable bonds is 9. The zero-order chi connectivity index (χ0) is 43.8. The fourth-order valence-corrected chi connectivity index (χ4v) is 10.7. The van der Waals surface area contributed by atoms with E-state index in [9.17, 15) is 19.5 Å². The summed E-state index contributed by atoms with van der Waals surface area (Å²) in [6, 6.07) is 26.0. The average molecular weight is 857 g/mol. The molecule has 10 rings (SSSR count). The minimum Gasteiger partial charge on any atom is -0.507 e. The van der Waals surface area contributed by atoms with Crippen molar-refractivity contribution in [2.24, 2.45) is 5.92 Å². The SMILES string of the molecule is C[C@@H]1CN(c2cc(-c3ccccc3O)nnc2N)C[C@H]2CC(c3cccc(OC4CCN(C(=O)N(C)C5CCN(c6cccc(N(C)[C@@H]7CCC(=O)NC7=O)c6)CC5)CC4)c3)(C1)N2. The molecule has 2 bridgehead atoms. The molecular formula is C48H60N10O5. The van der Waals surface area contributed by atoms with Crippen LogP contribution in [-0.4, -0.2) is 121 Å². The van der Waals surface area contributed by atoms with E-state index in [4.69, 9.17) is 10.5 Å². The maximum absolute atomic E-state index is 13.8. The standard InChI is InChI=1S/C48H60N10O5/c1-31-27-48(28-33(51-48)30-58(29-31)42-26-40(52-53-45(42)49)39-12-4-5-13-43(39)59)32-8-6-11-38(24-32)63-37-18-22-57(23-19-37)47(62)55(3)34-16-20-56(21-17-34)36-10-7-9-35(25-36)54(2)41-14-15-44(60)50-46(41)61/h4-13,24-26,31,33-34,37,41,51,59H,14-23,27-30H2,1-3H3,(H2,49,53)(H,50,60,61)/t31-,33+,41+,48?/m0/s1. The van der Waals surface area contributed by atoms with E-state index in [2.05, 4.69) is 74.0 Å². The summed E-state index contributed by atoms with van der Waals surface area (Å²) in [5.74, 6) is 1.30. The van der Waals surface area contributed by atoms with Crippen molar-refractivity contribution in [2.75, 3.05) is 73.8 Å². The summed E-state index contributed by atoms with van der Waals surface area (Å²) in [4.78, 5) is 48.5. The molecule has 6 fully saturated rings. The molecule has 4 amide bonds. The van der Waals surface area contributed by atoms with Gasteiger partial charge in [0.15, 0.2) is 5.82 Å².